The molecule has 152 valence electrons. The number of carbonyl (C=O) groups is 1. The SMILES string of the molecule is CCN(C(=O)O)N1CC2CN(C[C@H](O)COc3ccc(C#N)cc3)CC(C1)O2. The van der Waals surface area contributed by atoms with Crippen LogP contribution in [0.1, 0.15) is 12.5 Å². The number of benzene rings is 1. The van der Waals surface area contributed by atoms with Crippen molar-refractivity contribution >= 4 is 6.09 Å². The summed E-state index contributed by atoms with van der Waals surface area (Å²) >= 11 is 0. The Morgan fingerprint density at radius 1 is 1.32 bits per heavy atom. The second kappa shape index (κ2) is 9.21. The van der Waals surface area contributed by atoms with Gasteiger partial charge in [-0.2, -0.15) is 5.26 Å². The molecule has 1 aromatic rings. The quantitative estimate of drug-likeness (QED) is 0.697. The van der Waals surface area contributed by atoms with Gasteiger partial charge in [-0.25, -0.2) is 14.8 Å². The van der Waals surface area contributed by atoms with E-state index in [-0.39, 0.29) is 18.8 Å². The molecule has 3 atom stereocenters. The summed E-state index contributed by atoms with van der Waals surface area (Å²) in [7, 11) is 0. The molecule has 2 heterocycles. The molecule has 1 aromatic carbocycles. The van der Waals surface area contributed by atoms with E-state index in [1.165, 1.54) is 5.01 Å². The number of ether oxygens (including phenoxy) is 2. The van der Waals surface area contributed by atoms with E-state index in [9.17, 15) is 15.0 Å². The number of amides is 1. The number of β-amino-alcohol motifs (C(OH)–C–C–N with tert-alkyl or cyclic N) is 1. The smallest absolute Gasteiger partial charge is 0.421 e. The number of nitrogens with zero attached hydrogens (tertiary/aromatic N) is 4. The molecule has 9 heteroatoms. The van der Waals surface area contributed by atoms with Crippen molar-refractivity contribution in [2.24, 2.45) is 0 Å². The summed E-state index contributed by atoms with van der Waals surface area (Å²) in [6, 6.07) is 8.82. The normalized spacial score (nSPS) is 23.6. The van der Waals surface area contributed by atoms with Crippen molar-refractivity contribution < 1.29 is 24.5 Å². The summed E-state index contributed by atoms with van der Waals surface area (Å²) in [5.41, 5.74) is 0.561. The molecule has 2 unspecified atom stereocenters. The van der Waals surface area contributed by atoms with Gasteiger partial charge in [-0.15, -0.1) is 0 Å². The summed E-state index contributed by atoms with van der Waals surface area (Å²) in [4.78, 5) is 13.5. The first-order valence-corrected chi connectivity index (χ1v) is 9.42. The molecule has 0 spiro atoms. The number of hydrogen-bond acceptors (Lipinski definition) is 7. The average molecular weight is 390 g/mol. The lowest BCUT2D eigenvalue weighted by atomic mass is 10.1. The van der Waals surface area contributed by atoms with Crippen LogP contribution in [0.25, 0.3) is 0 Å². The number of carboxylic acid groups (broad SMARTS) is 1. The molecule has 2 bridgehead atoms. The predicted molar refractivity (Wildman–Crippen MR) is 99.7 cm³/mol. The van der Waals surface area contributed by atoms with Crippen LogP contribution in [0.15, 0.2) is 24.3 Å². The molecule has 0 radical (unpaired) electrons. The molecule has 2 saturated heterocycles. The van der Waals surface area contributed by atoms with Crippen molar-refractivity contribution in [2.75, 3.05) is 45.9 Å². The third-order valence-corrected chi connectivity index (χ3v) is 4.89. The van der Waals surface area contributed by atoms with Crippen LogP contribution in [0.2, 0.25) is 0 Å². The second-order valence-electron chi connectivity index (χ2n) is 7.07. The largest absolute Gasteiger partial charge is 0.491 e. The Bertz CT molecular complexity index is 693. The van der Waals surface area contributed by atoms with Crippen molar-refractivity contribution in [3.8, 4) is 11.8 Å². The number of rotatable bonds is 7. The number of hydrogen-bond donors (Lipinski definition) is 2. The maximum absolute atomic E-state index is 11.4. The maximum atomic E-state index is 11.4. The average Bonchev–Trinajstić information content (AvgIpc) is 2.66. The highest BCUT2D eigenvalue weighted by Gasteiger charge is 2.38. The Hall–Kier alpha value is -2.38. The first kappa shape index (κ1) is 20.4. The summed E-state index contributed by atoms with van der Waals surface area (Å²) in [5.74, 6) is 0.612. The van der Waals surface area contributed by atoms with Gasteiger partial charge in [0.15, 0.2) is 0 Å². The van der Waals surface area contributed by atoms with Gasteiger partial charge in [-0.1, -0.05) is 0 Å². The van der Waals surface area contributed by atoms with Crippen LogP contribution >= 0.6 is 0 Å². The zero-order valence-corrected chi connectivity index (χ0v) is 15.9. The van der Waals surface area contributed by atoms with Crippen LogP contribution in [-0.4, -0.2) is 95.4 Å². The fourth-order valence-electron chi connectivity index (χ4n) is 3.73. The molecule has 2 fully saturated rings. The number of aliphatic hydroxyl groups is 1. The zero-order valence-electron chi connectivity index (χ0n) is 15.9. The molecule has 2 aliphatic rings. The molecule has 2 N–H and O–H groups in total. The van der Waals surface area contributed by atoms with Crippen LogP contribution in [0.5, 0.6) is 5.75 Å². The van der Waals surface area contributed by atoms with Crippen molar-refractivity contribution in [1.29, 1.82) is 5.26 Å². The lowest BCUT2D eigenvalue weighted by molar-refractivity contribution is -0.181. The summed E-state index contributed by atoms with van der Waals surface area (Å²) < 4.78 is 11.5. The Balaban J connectivity index is 1.46. The molecule has 9 nitrogen and oxygen atoms in total. The fourth-order valence-corrected chi connectivity index (χ4v) is 3.73. The summed E-state index contributed by atoms with van der Waals surface area (Å²) in [5, 5.41) is 31.6. The van der Waals surface area contributed by atoms with E-state index in [1.807, 2.05) is 18.0 Å². The van der Waals surface area contributed by atoms with Crippen molar-refractivity contribution in [3.05, 3.63) is 29.8 Å². The van der Waals surface area contributed by atoms with Crippen LogP contribution in [-0.2, 0) is 4.74 Å². The Morgan fingerprint density at radius 3 is 2.50 bits per heavy atom. The van der Waals surface area contributed by atoms with E-state index in [2.05, 4.69) is 4.90 Å². The van der Waals surface area contributed by atoms with E-state index >= 15 is 0 Å². The molecule has 0 saturated carbocycles. The van der Waals surface area contributed by atoms with Crippen LogP contribution < -0.4 is 4.74 Å². The minimum atomic E-state index is -0.949. The lowest BCUT2D eigenvalue weighted by Crippen LogP contribution is -2.64. The minimum absolute atomic E-state index is 0.0902. The van der Waals surface area contributed by atoms with Gasteiger partial charge in [0, 0.05) is 39.3 Å². The van der Waals surface area contributed by atoms with Crippen LogP contribution in [0, 0.1) is 11.3 Å². The molecule has 0 aliphatic carbocycles. The molecule has 3 rings (SSSR count). The highest BCUT2D eigenvalue weighted by atomic mass is 16.5. The minimum Gasteiger partial charge on any atom is -0.491 e. The molecular formula is C19H26N4O5. The monoisotopic (exact) mass is 390 g/mol. The number of morpholine rings is 2. The number of aliphatic hydroxyl groups excluding tert-OH is 1. The molecule has 1 amide bonds. The van der Waals surface area contributed by atoms with Crippen molar-refractivity contribution in [2.45, 2.75) is 25.2 Å². The predicted octanol–water partition coefficient (Wildman–Crippen LogP) is 0.598. The summed E-state index contributed by atoms with van der Waals surface area (Å²) in [6.45, 7) is 5.16. The van der Waals surface area contributed by atoms with E-state index < -0.39 is 12.2 Å². The van der Waals surface area contributed by atoms with Gasteiger partial charge in [0.05, 0.1) is 23.8 Å². The van der Waals surface area contributed by atoms with Gasteiger partial charge < -0.3 is 19.7 Å². The fraction of sp³-hybridized carbons (Fsp3) is 0.579. The Kier molecular flexibility index (Phi) is 6.70. The lowest BCUT2D eigenvalue weighted by Gasteiger charge is -2.48. The van der Waals surface area contributed by atoms with Gasteiger partial charge >= 0.3 is 6.09 Å². The van der Waals surface area contributed by atoms with Crippen molar-refractivity contribution in [1.82, 2.24) is 14.9 Å². The van der Waals surface area contributed by atoms with Crippen LogP contribution in [0.3, 0.4) is 0 Å². The van der Waals surface area contributed by atoms with E-state index in [0.717, 1.165) is 0 Å². The third-order valence-electron chi connectivity index (χ3n) is 4.89. The molecule has 28 heavy (non-hydrogen) atoms. The third kappa shape index (κ3) is 5.11. The van der Waals surface area contributed by atoms with Gasteiger partial charge in [-0.3, -0.25) is 4.90 Å². The van der Waals surface area contributed by atoms with Crippen LogP contribution in [0.4, 0.5) is 4.79 Å². The second-order valence-corrected chi connectivity index (χ2v) is 7.07. The highest BCUT2D eigenvalue weighted by Crippen LogP contribution is 2.21. The van der Waals surface area contributed by atoms with E-state index in [4.69, 9.17) is 14.7 Å². The van der Waals surface area contributed by atoms with Gasteiger partial charge in [0.25, 0.3) is 0 Å². The summed E-state index contributed by atoms with van der Waals surface area (Å²) in [6.07, 6.45) is -1.79. The number of fused-ring (bicyclic) bond motifs is 2. The van der Waals surface area contributed by atoms with Gasteiger partial charge in [0.2, 0.25) is 0 Å². The first-order chi connectivity index (χ1) is 13.5. The van der Waals surface area contributed by atoms with Crippen molar-refractivity contribution in [3.63, 3.8) is 0 Å². The number of hydrazine groups is 1. The standard InChI is InChI=1S/C19H26N4O5/c1-2-23(19(25)26)22-11-17-9-21(10-18(12-22)28-17)8-15(24)13-27-16-5-3-14(7-20)4-6-16/h3-6,15,17-18,24H,2,8-13H2,1H3,(H,25,26)/t15-,17?,18?/m0/s1. The molecule has 0 aromatic heterocycles. The maximum Gasteiger partial charge on any atom is 0.421 e. The Morgan fingerprint density at radius 2 is 1.96 bits per heavy atom. The highest BCUT2D eigenvalue weighted by molar-refractivity contribution is 5.64. The van der Waals surface area contributed by atoms with Gasteiger partial charge in [-0.05, 0) is 31.2 Å². The molecular weight excluding hydrogens is 364 g/mol. The van der Waals surface area contributed by atoms with E-state index in [0.29, 0.717) is 50.6 Å². The van der Waals surface area contributed by atoms with E-state index in [1.54, 1.807) is 24.3 Å². The van der Waals surface area contributed by atoms with Gasteiger partial charge in [0.1, 0.15) is 18.5 Å². The number of nitriles is 1. The first-order valence-electron chi connectivity index (χ1n) is 9.42. The topological polar surface area (TPSA) is 110 Å². The molecule has 2 aliphatic heterocycles. The Labute approximate surface area is 164 Å². The zero-order chi connectivity index (χ0) is 20.1.